The number of aromatic nitrogens is 3. The fraction of sp³-hybridized carbons (Fsp3) is 0.471. The van der Waals surface area contributed by atoms with Crippen molar-refractivity contribution in [2.24, 2.45) is 10.4 Å². The van der Waals surface area contributed by atoms with Crippen LogP contribution in [0, 0.1) is 10.8 Å². The lowest BCUT2D eigenvalue weighted by Gasteiger charge is -2.53. The number of ether oxygens (including phenoxy) is 2. The summed E-state index contributed by atoms with van der Waals surface area (Å²) in [5.41, 5.74) is -1.56. The molecular weight excluding hydrogens is 746 g/mol. The molecule has 1 saturated heterocycles. The Morgan fingerprint density at radius 2 is 1.87 bits per heavy atom. The minimum absolute atomic E-state index is 0.137. The average Bonchev–Trinajstić information content (AvgIpc) is 3.64. The molecule has 4 aromatic rings. The number of phosphoric ester groups is 1. The molecule has 1 unspecified atom stereocenters. The number of carbonyl (C=O) groups excluding carboxylic acids is 1. The largest absolute Gasteiger partial charge is 0.471 e. The molecule has 20 heteroatoms. The summed E-state index contributed by atoms with van der Waals surface area (Å²) in [4.78, 5) is 35.4. The molecule has 54 heavy (non-hydrogen) atoms. The smallest absolute Gasteiger partial charge is 0.461 e. The number of esters is 1. The van der Waals surface area contributed by atoms with Crippen LogP contribution in [0.5, 0.6) is 5.75 Å². The van der Waals surface area contributed by atoms with E-state index in [0.717, 1.165) is 42.0 Å². The Kier molecular flexibility index (Phi) is 10.5. The Morgan fingerprint density at radius 3 is 2.57 bits per heavy atom. The predicted molar refractivity (Wildman–Crippen MR) is 191 cm³/mol. The van der Waals surface area contributed by atoms with Gasteiger partial charge in [-0.3, -0.25) is 28.8 Å². The number of aliphatic hydroxyl groups is 2. The minimum Gasteiger partial charge on any atom is -0.461 e. The molecule has 7 rings (SSSR count). The van der Waals surface area contributed by atoms with Crippen LogP contribution >= 0.6 is 15.6 Å². The highest BCUT2D eigenvalue weighted by molar-refractivity contribution is 7.52. The molecule has 6 N–H and O–H groups in total. The van der Waals surface area contributed by atoms with Gasteiger partial charge in [-0.15, -0.1) is 0 Å². The first-order valence-electron chi connectivity index (χ1n) is 17.3. The number of rotatable bonds is 14. The normalized spacial score (nSPS) is 25.8. The lowest BCUT2D eigenvalue weighted by Crippen LogP contribution is -2.49. The molecule has 6 atom stereocenters. The van der Waals surface area contributed by atoms with Crippen LogP contribution in [0.25, 0.3) is 16.3 Å². The number of nitrogens with zero attached hydrogens (tertiary/aromatic N) is 4. The molecule has 0 amide bonds. The van der Waals surface area contributed by atoms with Gasteiger partial charge in [-0.2, -0.15) is 10.2 Å². The van der Waals surface area contributed by atoms with Crippen molar-refractivity contribution in [3.63, 3.8) is 0 Å². The van der Waals surface area contributed by atoms with Crippen molar-refractivity contribution in [3.8, 4) is 5.75 Å². The van der Waals surface area contributed by atoms with Crippen LogP contribution in [-0.2, 0) is 44.8 Å². The quantitative estimate of drug-likeness (QED) is 0.0611. The molecule has 1 spiro atoms. The van der Waals surface area contributed by atoms with E-state index in [9.17, 15) is 24.1 Å². The van der Waals surface area contributed by atoms with E-state index < -0.39 is 64.8 Å². The van der Waals surface area contributed by atoms with E-state index in [1.54, 1.807) is 24.3 Å². The van der Waals surface area contributed by atoms with Crippen molar-refractivity contribution in [2.45, 2.75) is 81.8 Å². The first-order valence-corrected chi connectivity index (χ1v) is 20.4. The van der Waals surface area contributed by atoms with Crippen molar-refractivity contribution in [1.82, 2.24) is 19.3 Å². The van der Waals surface area contributed by atoms with Gasteiger partial charge in [-0.1, -0.05) is 42.8 Å². The molecule has 290 valence electrons. The van der Waals surface area contributed by atoms with Gasteiger partial charge in [0.25, 0.3) is 0 Å². The summed E-state index contributed by atoms with van der Waals surface area (Å²) in [5, 5.41) is 39.8. The minimum atomic E-state index is -4.84. The number of nitrogens with one attached hydrogen (secondary N) is 2. The number of aliphatic hydroxyl groups excluding tert-OH is 2. The van der Waals surface area contributed by atoms with Crippen LogP contribution in [0.4, 0.5) is 0 Å². The van der Waals surface area contributed by atoms with Crippen molar-refractivity contribution >= 4 is 44.0 Å². The topological polar surface area (TPSA) is 249 Å². The number of fused-ring (bicyclic) bond motifs is 2. The SMILES string of the molecule is CN=C[C@@]1(c2ccc3c(=N)n(COP(=O)(O)O)cnn23)O[C@H](COP(=O)(N[C@@H](C)C(=O)OC2CC3(CCC3)C2)Oc2cccc3ccccc23)[C@@H](O)[C@H]1O. The van der Waals surface area contributed by atoms with Crippen LogP contribution in [0.2, 0.25) is 0 Å². The maximum absolute atomic E-state index is 14.6. The summed E-state index contributed by atoms with van der Waals surface area (Å²) < 4.78 is 56.6. The van der Waals surface area contributed by atoms with Crippen LogP contribution < -0.4 is 15.1 Å². The Balaban J connectivity index is 1.13. The predicted octanol–water partition coefficient (Wildman–Crippen LogP) is 2.91. The molecular formula is C34H42N6O12P2. The number of benzene rings is 2. The van der Waals surface area contributed by atoms with Crippen molar-refractivity contribution < 1.29 is 57.0 Å². The van der Waals surface area contributed by atoms with E-state index >= 15 is 0 Å². The van der Waals surface area contributed by atoms with Crippen molar-refractivity contribution in [3.05, 3.63) is 72.1 Å². The second-order valence-corrected chi connectivity index (χ2v) is 17.0. The van der Waals surface area contributed by atoms with Crippen LogP contribution in [0.3, 0.4) is 0 Å². The lowest BCUT2D eigenvalue weighted by molar-refractivity contribution is -0.169. The van der Waals surface area contributed by atoms with Gasteiger partial charge >= 0.3 is 21.5 Å². The van der Waals surface area contributed by atoms with Gasteiger partial charge in [0.1, 0.15) is 54.8 Å². The number of carbonyl (C=O) groups is 1. The van der Waals surface area contributed by atoms with E-state index in [1.165, 1.54) is 43.3 Å². The summed E-state index contributed by atoms with van der Waals surface area (Å²) in [7, 11) is -7.88. The number of phosphoric acid groups is 1. The average molecular weight is 789 g/mol. The Labute approximate surface area is 309 Å². The number of hydrogen-bond acceptors (Lipinski definition) is 13. The monoisotopic (exact) mass is 788 g/mol. The van der Waals surface area contributed by atoms with Gasteiger partial charge in [0.05, 0.1) is 12.3 Å². The Bertz CT molecular complexity index is 2220. The third-order valence-corrected chi connectivity index (χ3v) is 12.5. The highest BCUT2D eigenvalue weighted by Crippen LogP contribution is 2.57. The molecule has 3 fully saturated rings. The standard InChI is InChI=1S/C34H42N6O12P2/c1-21(32(43)50-23-15-33(16-23)13-6-14-33)38-53(44,52-26-10-5-8-22-7-3-4-9-24(22)26)48-17-27-29(41)30(42)34(51-27,18-36-2)28-12-11-25-31(35)39(19-37-40(25)28)20-49-54(45,46)47/h3-5,7-12,18-19,21,23,27,29-30,35,41-42H,6,13-17,20H2,1-2H3,(H,38,44)(H2,45,46,47)/t21-,27+,29+,30+,34-,53?/m0/s1. The van der Waals surface area contributed by atoms with Gasteiger partial charge in [0, 0.05) is 18.6 Å². The van der Waals surface area contributed by atoms with E-state index in [1.807, 2.05) is 18.2 Å². The molecule has 18 nitrogen and oxygen atoms in total. The summed E-state index contributed by atoms with van der Waals surface area (Å²) in [5.74, 6) is -0.419. The summed E-state index contributed by atoms with van der Waals surface area (Å²) in [6.45, 7) is 0.224. The molecule has 2 aromatic heterocycles. The van der Waals surface area contributed by atoms with Gasteiger partial charge in [-0.05, 0) is 61.6 Å². The zero-order chi connectivity index (χ0) is 38.5. The first-order chi connectivity index (χ1) is 25.6. The molecule has 3 heterocycles. The fourth-order valence-electron chi connectivity index (χ4n) is 7.44. The van der Waals surface area contributed by atoms with E-state index in [-0.39, 0.29) is 34.0 Å². The Hall–Kier alpha value is -3.80. The second-order valence-electron chi connectivity index (χ2n) is 14.0. The number of aliphatic imine (C=N–C) groups is 1. The maximum atomic E-state index is 14.6. The highest BCUT2D eigenvalue weighted by Gasteiger charge is 2.56. The van der Waals surface area contributed by atoms with Crippen molar-refractivity contribution in [2.75, 3.05) is 13.7 Å². The van der Waals surface area contributed by atoms with E-state index in [4.69, 9.17) is 33.7 Å². The van der Waals surface area contributed by atoms with E-state index in [0.29, 0.717) is 5.39 Å². The third-order valence-electron chi connectivity index (χ3n) is 10.4. The summed E-state index contributed by atoms with van der Waals surface area (Å²) >= 11 is 0. The molecule has 2 aliphatic carbocycles. The fourth-order valence-corrected chi connectivity index (χ4v) is 9.23. The lowest BCUT2D eigenvalue weighted by atomic mass is 9.55. The molecule has 3 aliphatic rings. The molecule has 0 radical (unpaired) electrons. The zero-order valence-corrected chi connectivity index (χ0v) is 31.2. The van der Waals surface area contributed by atoms with Gasteiger partial charge in [-0.25, -0.2) is 13.6 Å². The third kappa shape index (κ3) is 7.43. The van der Waals surface area contributed by atoms with E-state index in [2.05, 4.69) is 19.7 Å². The highest BCUT2D eigenvalue weighted by atomic mass is 31.2. The van der Waals surface area contributed by atoms with Gasteiger partial charge in [0.15, 0.2) is 11.1 Å². The van der Waals surface area contributed by atoms with Gasteiger partial charge < -0.3 is 34.0 Å². The number of hydrogen-bond donors (Lipinski definition) is 6. The molecule has 2 aromatic carbocycles. The molecule has 1 aliphatic heterocycles. The van der Waals surface area contributed by atoms with Gasteiger partial charge in [0.2, 0.25) is 0 Å². The second kappa shape index (κ2) is 14.7. The summed E-state index contributed by atoms with van der Waals surface area (Å²) in [6.07, 6.45) is 2.51. The van der Waals surface area contributed by atoms with Crippen LogP contribution in [-0.4, -0.2) is 90.5 Å². The zero-order valence-electron chi connectivity index (χ0n) is 29.4. The van der Waals surface area contributed by atoms with Crippen LogP contribution in [0.1, 0.15) is 44.7 Å². The Morgan fingerprint density at radius 1 is 1.13 bits per heavy atom. The van der Waals surface area contributed by atoms with Crippen LogP contribution in [0.15, 0.2) is 65.9 Å². The maximum Gasteiger partial charge on any atom is 0.471 e. The molecule has 0 bridgehead atoms. The summed E-state index contributed by atoms with van der Waals surface area (Å²) in [6, 6.07) is 14.3. The molecule has 2 saturated carbocycles. The first kappa shape index (κ1) is 38.5. The van der Waals surface area contributed by atoms with Crippen molar-refractivity contribution in [1.29, 1.82) is 5.41 Å².